The Labute approximate surface area is 155 Å². The predicted octanol–water partition coefficient (Wildman–Crippen LogP) is 4.04. The molecule has 0 atom stereocenters. The average Bonchev–Trinajstić information content (AvgIpc) is 2.98. The third-order valence-electron chi connectivity index (χ3n) is 3.84. The lowest BCUT2D eigenvalue weighted by Crippen LogP contribution is -2.27. The van der Waals surface area contributed by atoms with Crippen LogP contribution in [0.4, 0.5) is 10.1 Å². The number of amides is 1. The first kappa shape index (κ1) is 16.7. The number of carbonyl (C=O) groups is 1. The van der Waals surface area contributed by atoms with Crippen LogP contribution in [0.3, 0.4) is 0 Å². The van der Waals surface area contributed by atoms with Crippen molar-refractivity contribution >= 4 is 54.8 Å². The Bertz CT molecular complexity index is 1220. The van der Waals surface area contributed by atoms with Gasteiger partial charge in [0.1, 0.15) is 17.1 Å². The molecule has 1 amide bonds. The Kier molecular flexibility index (Phi) is 4.18. The van der Waals surface area contributed by atoms with Crippen molar-refractivity contribution in [2.45, 2.75) is 6.54 Å². The number of hydrogen-bond donors (Lipinski definition) is 1. The summed E-state index contributed by atoms with van der Waals surface area (Å²) in [5, 5.41) is 3.50. The Morgan fingerprint density at radius 1 is 1.27 bits per heavy atom. The fraction of sp³-hybridized carbons (Fsp3) is 0.0556. The lowest BCUT2D eigenvalue weighted by atomic mass is 10.2. The molecule has 0 aliphatic heterocycles. The van der Waals surface area contributed by atoms with Crippen LogP contribution in [0.15, 0.2) is 53.6 Å². The van der Waals surface area contributed by atoms with Crippen molar-refractivity contribution in [1.29, 1.82) is 0 Å². The van der Waals surface area contributed by atoms with Crippen molar-refractivity contribution in [2.75, 3.05) is 5.32 Å². The number of nitrogens with one attached hydrogen (secondary N) is 1. The highest BCUT2D eigenvalue weighted by Crippen LogP contribution is 2.31. The summed E-state index contributed by atoms with van der Waals surface area (Å²) in [6, 6.07) is 11.4. The van der Waals surface area contributed by atoms with E-state index in [4.69, 9.17) is 11.6 Å². The SMILES string of the molecule is O=C(Cn1cnc2c(sc3cccc(F)c32)c1=O)Nc1cccc(Cl)c1. The molecular formula is C18H11ClFN3O2S. The van der Waals surface area contributed by atoms with Gasteiger partial charge < -0.3 is 5.32 Å². The highest BCUT2D eigenvalue weighted by molar-refractivity contribution is 7.25. The number of aromatic nitrogens is 2. The van der Waals surface area contributed by atoms with E-state index < -0.39 is 5.82 Å². The fourth-order valence-electron chi connectivity index (χ4n) is 2.70. The van der Waals surface area contributed by atoms with Crippen LogP contribution in [0.25, 0.3) is 20.3 Å². The monoisotopic (exact) mass is 387 g/mol. The summed E-state index contributed by atoms with van der Waals surface area (Å²) in [4.78, 5) is 29.1. The molecule has 26 heavy (non-hydrogen) atoms. The molecule has 4 rings (SSSR count). The number of nitrogens with zero attached hydrogens (tertiary/aromatic N) is 2. The van der Waals surface area contributed by atoms with Crippen molar-refractivity contribution in [3.05, 3.63) is 70.0 Å². The normalized spacial score (nSPS) is 11.2. The molecule has 1 N–H and O–H groups in total. The minimum atomic E-state index is -0.419. The van der Waals surface area contributed by atoms with E-state index >= 15 is 0 Å². The highest BCUT2D eigenvalue weighted by Gasteiger charge is 2.15. The van der Waals surface area contributed by atoms with Crippen LogP contribution in [0, 0.1) is 5.82 Å². The van der Waals surface area contributed by atoms with E-state index in [0.717, 1.165) is 11.3 Å². The van der Waals surface area contributed by atoms with E-state index in [1.54, 1.807) is 36.4 Å². The van der Waals surface area contributed by atoms with E-state index in [2.05, 4.69) is 10.3 Å². The molecule has 0 aliphatic carbocycles. The maximum atomic E-state index is 14.0. The van der Waals surface area contributed by atoms with Crippen LogP contribution in [0.2, 0.25) is 5.02 Å². The van der Waals surface area contributed by atoms with Gasteiger partial charge in [0.15, 0.2) is 0 Å². The number of thiophene rings is 1. The second-order valence-corrected chi connectivity index (χ2v) is 7.12. The van der Waals surface area contributed by atoms with Crippen LogP contribution in [-0.4, -0.2) is 15.5 Å². The second kappa shape index (κ2) is 6.51. The van der Waals surface area contributed by atoms with E-state index in [9.17, 15) is 14.0 Å². The molecule has 2 aromatic heterocycles. The van der Waals surface area contributed by atoms with Crippen LogP contribution < -0.4 is 10.9 Å². The predicted molar refractivity (Wildman–Crippen MR) is 101 cm³/mol. The smallest absolute Gasteiger partial charge is 0.271 e. The van der Waals surface area contributed by atoms with Gasteiger partial charge in [0, 0.05) is 15.4 Å². The van der Waals surface area contributed by atoms with Crippen molar-refractivity contribution in [2.24, 2.45) is 0 Å². The van der Waals surface area contributed by atoms with Crippen LogP contribution in [0.1, 0.15) is 0 Å². The maximum Gasteiger partial charge on any atom is 0.271 e. The fourth-order valence-corrected chi connectivity index (χ4v) is 4.01. The Balaban J connectivity index is 1.68. The Morgan fingerprint density at radius 2 is 2.08 bits per heavy atom. The number of carbonyl (C=O) groups excluding carboxylic acids is 1. The van der Waals surface area contributed by atoms with E-state index in [1.807, 2.05) is 0 Å². The molecule has 0 bridgehead atoms. The minimum Gasteiger partial charge on any atom is -0.324 e. The Hall–Kier alpha value is -2.77. The summed E-state index contributed by atoms with van der Waals surface area (Å²) in [5.74, 6) is -0.806. The van der Waals surface area contributed by atoms with Gasteiger partial charge in [-0.25, -0.2) is 9.37 Å². The molecule has 2 heterocycles. The molecule has 0 saturated heterocycles. The van der Waals surface area contributed by atoms with Gasteiger partial charge in [-0.05, 0) is 30.3 Å². The molecule has 2 aromatic carbocycles. The van der Waals surface area contributed by atoms with Crippen LogP contribution in [-0.2, 0) is 11.3 Å². The van der Waals surface area contributed by atoms with Gasteiger partial charge in [0.2, 0.25) is 5.91 Å². The van der Waals surface area contributed by atoms with Gasteiger partial charge in [-0.15, -0.1) is 11.3 Å². The summed E-state index contributed by atoms with van der Waals surface area (Å²) in [7, 11) is 0. The van der Waals surface area contributed by atoms with Gasteiger partial charge in [0.05, 0.1) is 17.2 Å². The standard InChI is InChI=1S/C18H11ClFN3O2S/c19-10-3-1-4-11(7-10)22-14(24)8-23-9-21-16-15-12(20)5-2-6-13(15)26-17(16)18(23)25/h1-7,9H,8H2,(H,22,24). The number of anilines is 1. The summed E-state index contributed by atoms with van der Waals surface area (Å²) >= 11 is 7.05. The number of rotatable bonds is 3. The lowest BCUT2D eigenvalue weighted by Gasteiger charge is -2.07. The topological polar surface area (TPSA) is 64.0 Å². The molecule has 130 valence electrons. The third kappa shape index (κ3) is 2.95. The van der Waals surface area contributed by atoms with E-state index in [0.29, 0.717) is 31.0 Å². The second-order valence-electron chi connectivity index (χ2n) is 5.63. The number of benzene rings is 2. The number of fused-ring (bicyclic) bond motifs is 3. The summed E-state index contributed by atoms with van der Waals surface area (Å²) < 4.78 is 16.2. The molecule has 0 fully saturated rings. The van der Waals surface area contributed by atoms with Gasteiger partial charge in [-0.3, -0.25) is 14.2 Å². The third-order valence-corrected chi connectivity index (χ3v) is 5.21. The number of halogens is 2. The molecule has 4 aromatic rings. The van der Waals surface area contributed by atoms with Crippen molar-refractivity contribution in [3.63, 3.8) is 0 Å². The van der Waals surface area contributed by atoms with E-state index in [-0.39, 0.29) is 18.0 Å². The molecule has 0 spiro atoms. The first-order chi connectivity index (χ1) is 12.5. The molecule has 5 nitrogen and oxygen atoms in total. The zero-order valence-corrected chi connectivity index (χ0v) is 14.8. The molecule has 0 aliphatic rings. The van der Waals surface area contributed by atoms with Gasteiger partial charge in [-0.2, -0.15) is 0 Å². The summed E-state index contributed by atoms with van der Waals surface area (Å²) in [5.41, 5.74) is 0.477. The van der Waals surface area contributed by atoms with Crippen molar-refractivity contribution < 1.29 is 9.18 Å². The largest absolute Gasteiger partial charge is 0.324 e. The van der Waals surface area contributed by atoms with Crippen molar-refractivity contribution in [1.82, 2.24) is 9.55 Å². The quantitative estimate of drug-likeness (QED) is 0.577. The Morgan fingerprint density at radius 3 is 2.88 bits per heavy atom. The summed E-state index contributed by atoms with van der Waals surface area (Å²) in [6.07, 6.45) is 1.26. The van der Waals surface area contributed by atoms with Gasteiger partial charge in [0.25, 0.3) is 5.56 Å². The van der Waals surface area contributed by atoms with Gasteiger partial charge >= 0.3 is 0 Å². The lowest BCUT2D eigenvalue weighted by molar-refractivity contribution is -0.116. The van der Waals surface area contributed by atoms with E-state index in [1.165, 1.54) is 17.0 Å². The minimum absolute atomic E-state index is 0.203. The zero-order chi connectivity index (χ0) is 18.3. The van der Waals surface area contributed by atoms with Crippen molar-refractivity contribution in [3.8, 4) is 0 Å². The first-order valence-corrected chi connectivity index (χ1v) is 8.84. The molecule has 0 unspecified atom stereocenters. The average molecular weight is 388 g/mol. The molecule has 0 radical (unpaired) electrons. The maximum absolute atomic E-state index is 14.0. The first-order valence-electron chi connectivity index (χ1n) is 7.64. The van der Waals surface area contributed by atoms with Gasteiger partial charge in [-0.1, -0.05) is 23.7 Å². The number of hydrogen-bond acceptors (Lipinski definition) is 4. The highest BCUT2D eigenvalue weighted by atomic mass is 35.5. The molecule has 0 saturated carbocycles. The molecule has 8 heteroatoms. The van der Waals surface area contributed by atoms with Crippen LogP contribution >= 0.6 is 22.9 Å². The van der Waals surface area contributed by atoms with Crippen LogP contribution in [0.5, 0.6) is 0 Å². The summed E-state index contributed by atoms with van der Waals surface area (Å²) in [6.45, 7) is -0.203. The molecular weight excluding hydrogens is 377 g/mol. The zero-order valence-electron chi connectivity index (χ0n) is 13.2.